The Morgan fingerprint density at radius 3 is 2.75 bits per heavy atom. The van der Waals surface area contributed by atoms with Crippen LogP contribution in [-0.2, 0) is 10.0 Å². The summed E-state index contributed by atoms with van der Waals surface area (Å²) in [6.45, 7) is 0.284. The van der Waals surface area contributed by atoms with Crippen LogP contribution in [0.5, 0.6) is 0 Å². The van der Waals surface area contributed by atoms with Crippen molar-refractivity contribution in [1.82, 2.24) is 15.0 Å². The Morgan fingerprint density at radius 2 is 2.10 bits per heavy atom. The van der Waals surface area contributed by atoms with E-state index in [1.54, 1.807) is 0 Å². The molecule has 0 unspecified atom stereocenters. The Bertz CT molecular complexity index is 633. The zero-order chi connectivity index (χ0) is 15.0. The molecule has 1 aromatic rings. The van der Waals surface area contributed by atoms with Gasteiger partial charge in [-0.25, -0.2) is 17.9 Å². The van der Waals surface area contributed by atoms with Crippen molar-refractivity contribution in [1.29, 1.82) is 0 Å². The van der Waals surface area contributed by atoms with Crippen LogP contribution in [0.1, 0.15) is 5.56 Å². The number of rotatable bonds is 5. The van der Waals surface area contributed by atoms with Gasteiger partial charge >= 0.3 is 6.03 Å². The minimum Gasteiger partial charge on any atom is -0.352 e. The first-order chi connectivity index (χ1) is 9.45. The summed E-state index contributed by atoms with van der Waals surface area (Å²) in [5.41, 5.74) is 10.5. The summed E-state index contributed by atoms with van der Waals surface area (Å²) in [5.74, 6) is 5.30. The van der Waals surface area contributed by atoms with Crippen LogP contribution >= 0.6 is 0 Å². The molecule has 8 nitrogen and oxygen atoms in total. The number of aromatic nitrogens is 1. The lowest BCUT2D eigenvalue weighted by molar-refractivity contribution is 0.249. The number of sulfonamides is 1. The summed E-state index contributed by atoms with van der Waals surface area (Å²) in [6.07, 6.45) is 2.65. The Hall–Kier alpha value is -2.15. The van der Waals surface area contributed by atoms with Crippen LogP contribution in [0.25, 0.3) is 0 Å². The molecular weight excluding hydrogens is 282 g/mol. The molecule has 0 bridgehead atoms. The van der Waals surface area contributed by atoms with Gasteiger partial charge in [0.15, 0.2) is 0 Å². The van der Waals surface area contributed by atoms with E-state index in [4.69, 9.17) is 11.5 Å². The van der Waals surface area contributed by atoms with Crippen LogP contribution < -0.4 is 21.5 Å². The number of carbonyl (C=O) groups is 1. The highest BCUT2D eigenvalue weighted by molar-refractivity contribution is 7.89. The molecule has 0 saturated heterocycles. The second-order valence-corrected chi connectivity index (χ2v) is 5.37. The van der Waals surface area contributed by atoms with Gasteiger partial charge in [0, 0.05) is 31.0 Å². The van der Waals surface area contributed by atoms with Crippen LogP contribution in [0.2, 0.25) is 0 Å². The summed E-state index contributed by atoms with van der Waals surface area (Å²) < 4.78 is 26.2. The number of pyridine rings is 1. The molecule has 9 heteroatoms. The Labute approximate surface area is 117 Å². The molecule has 6 N–H and O–H groups in total. The summed E-state index contributed by atoms with van der Waals surface area (Å²) in [4.78, 5) is 14.2. The lowest BCUT2D eigenvalue weighted by atomic mass is 10.3. The summed E-state index contributed by atoms with van der Waals surface area (Å²) >= 11 is 0. The maximum absolute atomic E-state index is 11.9. The van der Waals surface area contributed by atoms with Gasteiger partial charge in [0.2, 0.25) is 10.0 Å². The molecule has 0 aliphatic rings. The van der Waals surface area contributed by atoms with E-state index < -0.39 is 16.1 Å². The van der Waals surface area contributed by atoms with Gasteiger partial charge in [0.1, 0.15) is 4.90 Å². The summed E-state index contributed by atoms with van der Waals surface area (Å²) in [7, 11) is -3.71. The number of nitrogens with two attached hydrogens (primary N) is 2. The normalized spacial score (nSPS) is 10.4. The van der Waals surface area contributed by atoms with E-state index in [9.17, 15) is 13.2 Å². The third-order valence-electron chi connectivity index (χ3n) is 2.07. The van der Waals surface area contributed by atoms with Crippen molar-refractivity contribution in [3.63, 3.8) is 0 Å². The average molecular weight is 297 g/mol. The van der Waals surface area contributed by atoms with Crippen molar-refractivity contribution in [3.05, 3.63) is 24.0 Å². The molecule has 0 spiro atoms. The lowest BCUT2D eigenvalue weighted by Gasteiger charge is -2.06. The van der Waals surface area contributed by atoms with Gasteiger partial charge in [-0.1, -0.05) is 11.8 Å². The Balaban J connectivity index is 2.74. The molecule has 0 saturated carbocycles. The number of carbonyl (C=O) groups excluding carboxylic acids is 1. The highest BCUT2D eigenvalue weighted by Gasteiger charge is 2.14. The molecule has 0 radical (unpaired) electrons. The van der Waals surface area contributed by atoms with Crippen LogP contribution in [0.15, 0.2) is 23.4 Å². The minimum absolute atomic E-state index is 0.0135. The van der Waals surface area contributed by atoms with E-state index in [2.05, 4.69) is 26.9 Å². The van der Waals surface area contributed by atoms with Gasteiger partial charge < -0.3 is 16.8 Å². The van der Waals surface area contributed by atoms with Crippen molar-refractivity contribution in [2.75, 3.05) is 19.6 Å². The second kappa shape index (κ2) is 7.44. The molecule has 1 rings (SSSR count). The molecule has 1 heterocycles. The lowest BCUT2D eigenvalue weighted by Crippen LogP contribution is -2.37. The molecule has 0 fully saturated rings. The monoisotopic (exact) mass is 297 g/mol. The predicted molar refractivity (Wildman–Crippen MR) is 72.9 cm³/mol. The zero-order valence-corrected chi connectivity index (χ0v) is 11.4. The minimum atomic E-state index is -3.71. The molecule has 0 aliphatic heterocycles. The van der Waals surface area contributed by atoms with Gasteiger partial charge in [-0.3, -0.25) is 4.98 Å². The van der Waals surface area contributed by atoms with E-state index >= 15 is 0 Å². The fourth-order valence-corrected chi connectivity index (χ4v) is 2.26. The Morgan fingerprint density at radius 1 is 1.35 bits per heavy atom. The maximum atomic E-state index is 11.9. The van der Waals surface area contributed by atoms with Gasteiger partial charge in [-0.15, -0.1) is 0 Å². The molecular formula is C11H15N5O3S. The highest BCUT2D eigenvalue weighted by Crippen LogP contribution is 2.08. The Kier molecular flexibility index (Phi) is 5.92. The zero-order valence-electron chi connectivity index (χ0n) is 10.6. The van der Waals surface area contributed by atoms with Crippen molar-refractivity contribution in [2.45, 2.75) is 4.90 Å². The average Bonchev–Trinajstić information content (AvgIpc) is 2.41. The molecule has 2 amide bonds. The fourth-order valence-electron chi connectivity index (χ4n) is 1.24. The predicted octanol–water partition coefficient (Wildman–Crippen LogP) is -1.66. The molecule has 108 valence electrons. The first-order valence-corrected chi connectivity index (χ1v) is 7.11. The van der Waals surface area contributed by atoms with Gasteiger partial charge in [0.05, 0.1) is 6.54 Å². The van der Waals surface area contributed by atoms with E-state index in [0.717, 1.165) is 0 Å². The highest BCUT2D eigenvalue weighted by atomic mass is 32.2. The van der Waals surface area contributed by atoms with Gasteiger partial charge in [0.25, 0.3) is 0 Å². The SMILES string of the molecule is NCC#Cc1cncc(S(=O)(=O)NCCNC(N)=O)c1. The first-order valence-electron chi connectivity index (χ1n) is 5.62. The van der Waals surface area contributed by atoms with Crippen molar-refractivity contribution < 1.29 is 13.2 Å². The van der Waals surface area contributed by atoms with E-state index in [1.807, 2.05) is 0 Å². The van der Waals surface area contributed by atoms with Crippen molar-refractivity contribution in [2.24, 2.45) is 11.5 Å². The number of nitrogens with zero attached hydrogens (tertiary/aromatic N) is 1. The van der Waals surface area contributed by atoms with Crippen LogP contribution in [0.4, 0.5) is 4.79 Å². The van der Waals surface area contributed by atoms with E-state index in [1.165, 1.54) is 18.5 Å². The van der Waals surface area contributed by atoms with Gasteiger partial charge in [-0.05, 0) is 6.07 Å². The van der Waals surface area contributed by atoms with Crippen LogP contribution in [-0.4, -0.2) is 39.1 Å². The number of urea groups is 1. The standard InChI is InChI=1S/C11H15N5O3S/c12-3-1-2-9-6-10(8-14-7-9)20(18,19)16-5-4-15-11(13)17/h6-8,16H,3-5,12H2,(H3,13,15,17). The van der Waals surface area contributed by atoms with Crippen LogP contribution in [0.3, 0.4) is 0 Å². The fraction of sp³-hybridized carbons (Fsp3) is 0.273. The molecule has 0 aliphatic carbocycles. The number of nitrogens with one attached hydrogen (secondary N) is 2. The number of hydrogen-bond acceptors (Lipinski definition) is 5. The largest absolute Gasteiger partial charge is 0.352 e. The van der Waals surface area contributed by atoms with Crippen molar-refractivity contribution >= 4 is 16.1 Å². The number of hydrogen-bond donors (Lipinski definition) is 4. The molecule has 20 heavy (non-hydrogen) atoms. The van der Waals surface area contributed by atoms with E-state index in [0.29, 0.717) is 5.56 Å². The molecule has 0 atom stereocenters. The smallest absolute Gasteiger partial charge is 0.312 e. The van der Waals surface area contributed by atoms with Gasteiger partial charge in [-0.2, -0.15) is 0 Å². The topological polar surface area (TPSA) is 140 Å². The maximum Gasteiger partial charge on any atom is 0.312 e. The summed E-state index contributed by atoms with van der Waals surface area (Å²) in [6, 6.07) is 0.671. The van der Waals surface area contributed by atoms with E-state index in [-0.39, 0.29) is 24.5 Å². The summed E-state index contributed by atoms with van der Waals surface area (Å²) in [5, 5.41) is 2.27. The second-order valence-electron chi connectivity index (χ2n) is 3.60. The first kappa shape index (κ1) is 15.9. The number of primary amides is 1. The quantitative estimate of drug-likeness (QED) is 0.380. The van der Waals surface area contributed by atoms with Crippen LogP contribution in [0, 0.1) is 11.8 Å². The molecule has 0 aromatic carbocycles. The third-order valence-corrected chi connectivity index (χ3v) is 3.50. The molecule has 1 aromatic heterocycles. The number of amides is 2. The third kappa shape index (κ3) is 5.23. The van der Waals surface area contributed by atoms with Crippen molar-refractivity contribution in [3.8, 4) is 11.8 Å².